The van der Waals surface area contributed by atoms with Crippen LogP contribution in [0.3, 0.4) is 0 Å². The number of aliphatic hydroxyl groups is 2. The Kier molecular flexibility index (Phi) is 12.5. The summed E-state index contributed by atoms with van der Waals surface area (Å²) in [6.45, 7) is 6.16. The predicted octanol–water partition coefficient (Wildman–Crippen LogP) is 4.22. The van der Waals surface area contributed by atoms with E-state index in [1.807, 2.05) is 84.9 Å². The summed E-state index contributed by atoms with van der Waals surface area (Å²) in [7, 11) is 0. The Labute approximate surface area is 378 Å². The molecule has 3 aromatic rings. The molecule has 6 fully saturated rings. The number of aliphatic hydroxyl groups excluding tert-OH is 2. The molecule has 12 unspecified atom stereocenters. The predicted molar refractivity (Wildman–Crippen MR) is 234 cm³/mol. The van der Waals surface area contributed by atoms with Gasteiger partial charge in [-0.3, -0.25) is 24.0 Å². The van der Waals surface area contributed by atoms with Crippen LogP contribution in [0.4, 0.5) is 0 Å². The van der Waals surface area contributed by atoms with Gasteiger partial charge >= 0.3 is 11.9 Å². The van der Waals surface area contributed by atoms with Gasteiger partial charge in [-0.05, 0) is 70.4 Å². The molecule has 0 radical (unpaired) electrons. The number of esters is 2. The zero-order valence-electron chi connectivity index (χ0n) is 37.2. The minimum absolute atomic E-state index is 0.0420. The van der Waals surface area contributed by atoms with Gasteiger partial charge in [0.05, 0.1) is 37.5 Å². The molecular weight excluding hydrogens is 835 g/mol. The average molecular weight is 894 g/mol. The zero-order chi connectivity index (χ0) is 45.7. The van der Waals surface area contributed by atoms with Gasteiger partial charge in [-0.25, -0.2) is 0 Å². The molecule has 0 aromatic heterocycles. The van der Waals surface area contributed by atoms with E-state index in [1.165, 1.54) is 12.0 Å². The quantitative estimate of drug-likeness (QED) is 0.125. The first-order valence-corrected chi connectivity index (χ1v) is 22.8. The molecule has 4 aliphatic heterocycles. The molecule has 4 saturated heterocycles. The van der Waals surface area contributed by atoms with Gasteiger partial charge in [-0.1, -0.05) is 97.1 Å². The van der Waals surface area contributed by atoms with Crippen molar-refractivity contribution in [3.63, 3.8) is 0 Å². The Morgan fingerprint density at radius 1 is 0.923 bits per heavy atom. The van der Waals surface area contributed by atoms with Crippen LogP contribution in [0, 0.1) is 11.3 Å². The van der Waals surface area contributed by atoms with E-state index in [4.69, 9.17) is 28.5 Å². The molecule has 6 aliphatic rings. The Morgan fingerprint density at radius 3 is 2.29 bits per heavy atom. The van der Waals surface area contributed by atoms with Crippen molar-refractivity contribution in [2.24, 2.45) is 11.3 Å². The topological polar surface area (TPSA) is 195 Å². The first kappa shape index (κ1) is 45.2. The number of carbonyl (C=O) groups is 4. The lowest BCUT2D eigenvalue weighted by molar-refractivity contribution is -0.213. The van der Waals surface area contributed by atoms with Crippen molar-refractivity contribution < 1.29 is 57.9 Å². The number of fused-ring (bicyclic) bond motifs is 5. The maximum Gasteiger partial charge on any atom is 0.327 e. The Bertz CT molecular complexity index is 2230. The summed E-state index contributed by atoms with van der Waals surface area (Å²) in [6, 6.07) is 23.0. The summed E-state index contributed by atoms with van der Waals surface area (Å²) in [6.07, 6.45) is 2.83. The number of amides is 2. The summed E-state index contributed by atoms with van der Waals surface area (Å²) in [4.78, 5) is 63.1. The highest BCUT2D eigenvalue weighted by Gasteiger charge is 2.77. The lowest BCUT2D eigenvalue weighted by atomic mass is 9.62. The van der Waals surface area contributed by atoms with E-state index >= 15 is 4.79 Å². The fourth-order valence-corrected chi connectivity index (χ4v) is 10.4. The van der Waals surface area contributed by atoms with E-state index in [0.717, 1.165) is 30.4 Å². The first-order chi connectivity index (χ1) is 31.2. The Balaban J connectivity index is 1.03. The van der Waals surface area contributed by atoms with Crippen LogP contribution in [0.25, 0.3) is 6.08 Å². The molecule has 2 amide bonds. The summed E-state index contributed by atoms with van der Waals surface area (Å²) in [5, 5.41) is 28.2. The van der Waals surface area contributed by atoms with Crippen LogP contribution in [0.15, 0.2) is 91.0 Å². The maximum absolute atomic E-state index is 15.3. The molecular formula is C50H59N3O12. The molecule has 65 heavy (non-hydrogen) atoms. The van der Waals surface area contributed by atoms with Gasteiger partial charge in [0.1, 0.15) is 41.5 Å². The van der Waals surface area contributed by atoms with Crippen LogP contribution in [0.2, 0.25) is 0 Å². The number of hydrogen-bond donors (Lipinski definition) is 4. The molecule has 4 heterocycles. The number of hydrogen-bond acceptors (Lipinski definition) is 13. The van der Waals surface area contributed by atoms with Crippen molar-refractivity contribution in [2.75, 3.05) is 6.61 Å². The van der Waals surface area contributed by atoms with Crippen LogP contribution in [-0.4, -0.2) is 112 Å². The van der Waals surface area contributed by atoms with Gasteiger partial charge in [-0.2, -0.15) is 5.06 Å². The molecule has 12 atom stereocenters. The number of allylic oxidation sites excluding steroid dienone is 1. The van der Waals surface area contributed by atoms with Crippen LogP contribution in [0.5, 0.6) is 0 Å². The van der Waals surface area contributed by atoms with Gasteiger partial charge < -0.3 is 44.5 Å². The third-order valence-corrected chi connectivity index (χ3v) is 13.5. The van der Waals surface area contributed by atoms with Crippen LogP contribution < -0.4 is 10.6 Å². The molecule has 15 heteroatoms. The third-order valence-electron chi connectivity index (χ3n) is 13.5. The molecule has 0 spiro atoms. The number of epoxide rings is 1. The van der Waals surface area contributed by atoms with E-state index in [1.54, 1.807) is 20.8 Å². The lowest BCUT2D eigenvalue weighted by Crippen LogP contribution is -2.71. The number of nitrogens with one attached hydrogen (secondary N) is 2. The Morgan fingerprint density at radius 2 is 1.63 bits per heavy atom. The largest absolute Gasteiger partial charge is 0.460 e. The average Bonchev–Trinajstić information content (AvgIpc) is 3.81. The van der Waals surface area contributed by atoms with Crippen molar-refractivity contribution in [3.05, 3.63) is 113 Å². The Hall–Kier alpha value is -5.00. The van der Waals surface area contributed by atoms with E-state index < -0.39 is 95.8 Å². The minimum atomic E-state index is -1.70. The number of carbonyl (C=O) groups excluding carboxylic acids is 4. The van der Waals surface area contributed by atoms with Crippen molar-refractivity contribution in [1.82, 2.24) is 15.7 Å². The zero-order valence-corrected chi connectivity index (χ0v) is 37.2. The fourth-order valence-electron chi connectivity index (χ4n) is 10.4. The van der Waals surface area contributed by atoms with Crippen molar-refractivity contribution in [2.45, 2.75) is 145 Å². The molecule has 4 N–H and O–H groups in total. The second-order valence-corrected chi connectivity index (χ2v) is 19.3. The van der Waals surface area contributed by atoms with Gasteiger partial charge in [0.25, 0.3) is 0 Å². The molecule has 3 aromatic carbocycles. The normalized spacial score (nSPS) is 31.2. The second kappa shape index (κ2) is 18.0. The second-order valence-electron chi connectivity index (χ2n) is 19.3. The summed E-state index contributed by atoms with van der Waals surface area (Å²) in [5.74, 6) is -3.77. The van der Waals surface area contributed by atoms with E-state index in [-0.39, 0.29) is 25.8 Å². The molecule has 9 rings (SSSR count). The molecule has 15 nitrogen and oxygen atoms in total. The van der Waals surface area contributed by atoms with Gasteiger partial charge in [-0.15, -0.1) is 0 Å². The number of hydroxylamine groups is 2. The molecule has 2 aliphatic carbocycles. The van der Waals surface area contributed by atoms with E-state index in [0.29, 0.717) is 29.3 Å². The van der Waals surface area contributed by atoms with Crippen molar-refractivity contribution in [3.8, 4) is 0 Å². The fraction of sp³-hybridized carbons (Fsp3) is 0.520. The molecule has 346 valence electrons. The lowest BCUT2D eigenvalue weighted by Gasteiger charge is -2.49. The van der Waals surface area contributed by atoms with Gasteiger partial charge in [0.2, 0.25) is 17.6 Å². The molecule has 2 saturated carbocycles. The van der Waals surface area contributed by atoms with Crippen molar-refractivity contribution >= 4 is 29.8 Å². The van der Waals surface area contributed by atoms with Gasteiger partial charge in [0.15, 0.2) is 6.04 Å². The van der Waals surface area contributed by atoms with Crippen LogP contribution in [-0.2, 0) is 60.0 Å². The van der Waals surface area contributed by atoms with Crippen LogP contribution in [0.1, 0.15) is 88.5 Å². The van der Waals surface area contributed by atoms with Crippen molar-refractivity contribution in [1.29, 1.82) is 0 Å². The highest BCUT2D eigenvalue weighted by molar-refractivity contribution is 5.96. The first-order valence-electron chi connectivity index (χ1n) is 22.8. The van der Waals surface area contributed by atoms with E-state index in [9.17, 15) is 24.6 Å². The summed E-state index contributed by atoms with van der Waals surface area (Å²) >= 11 is 0. The van der Waals surface area contributed by atoms with Gasteiger partial charge in [0, 0.05) is 24.0 Å². The van der Waals surface area contributed by atoms with E-state index in [2.05, 4.69) is 22.8 Å². The van der Waals surface area contributed by atoms with Crippen LogP contribution >= 0.6 is 0 Å². The number of rotatable bonds is 15. The molecule has 2 bridgehead atoms. The smallest absolute Gasteiger partial charge is 0.327 e. The standard InChI is InChI=1S/C50H59N3O12/c1-29(55)40(45(57)51-35(28-54)21-23-39(56)62-48(2,3)4)52-47(59)49-26-38-41-42(64-50(63-41,33-14-7-5-8-15-33)34-16-9-6-10-17-34)44(49)65-53(43(49)46(58)61-38)27-32-13-11-12-30(24-32)18-19-31-20-22-36-37(25-31)60-36/h5-19,24,29,31,35-38,40-44,54-55H,20-23,25-28H2,1-4H3,(H,51,57)(H,52,59). The summed E-state index contributed by atoms with van der Waals surface area (Å²) < 4.78 is 31.4. The number of benzene rings is 3. The monoisotopic (exact) mass is 893 g/mol. The summed E-state index contributed by atoms with van der Waals surface area (Å²) in [5.41, 5.74) is 0.740. The number of nitrogens with zero attached hydrogens (tertiary/aromatic N) is 1. The minimum Gasteiger partial charge on any atom is -0.460 e. The highest BCUT2D eigenvalue weighted by Crippen LogP contribution is 2.59. The number of ether oxygens (including phenoxy) is 5. The highest BCUT2D eigenvalue weighted by atomic mass is 16.8. The maximum atomic E-state index is 15.3. The third kappa shape index (κ3) is 8.99. The SMILES string of the molecule is CC(O)C(NC(=O)C12CC3OC(=O)C1N(Cc1cccc(C=CC4CCC5OC5C4)c1)OC2C1OC(c2ccccc2)(c2ccccc2)OC31)C(=O)NC(CO)CCC(=O)OC(C)(C)C.